The van der Waals surface area contributed by atoms with Crippen LogP contribution in [0.3, 0.4) is 0 Å². The van der Waals surface area contributed by atoms with Crippen molar-refractivity contribution in [3.05, 3.63) is 64.7 Å². The Morgan fingerprint density at radius 1 is 0.969 bits per heavy atom. The summed E-state index contributed by atoms with van der Waals surface area (Å²) in [6.45, 7) is 2.19. The first-order chi connectivity index (χ1) is 15.0. The highest BCUT2D eigenvalue weighted by atomic mass is 35.5. The van der Waals surface area contributed by atoms with Gasteiger partial charge in [-0.15, -0.1) is 0 Å². The molecule has 0 saturated carbocycles. The summed E-state index contributed by atoms with van der Waals surface area (Å²) in [6, 6.07) is 13.5. The van der Waals surface area contributed by atoms with Gasteiger partial charge in [-0.3, -0.25) is 4.79 Å². The lowest BCUT2D eigenvalue weighted by molar-refractivity contribution is -0.132. The van der Waals surface area contributed by atoms with Crippen LogP contribution in [0.5, 0.6) is 0 Å². The van der Waals surface area contributed by atoms with Gasteiger partial charge in [0.2, 0.25) is 26.0 Å². The van der Waals surface area contributed by atoms with E-state index >= 15 is 0 Å². The maximum Gasteiger partial charge on any atom is 0.243 e. The molecular formula is C21H26ClN3O5S2. The third kappa shape index (κ3) is 5.87. The van der Waals surface area contributed by atoms with Crippen LogP contribution in [0.1, 0.15) is 11.1 Å². The van der Waals surface area contributed by atoms with Gasteiger partial charge in [-0.2, -0.15) is 8.61 Å². The zero-order valence-corrected chi connectivity index (χ0v) is 20.3. The Morgan fingerprint density at radius 2 is 1.56 bits per heavy atom. The van der Waals surface area contributed by atoms with Crippen molar-refractivity contribution in [2.24, 2.45) is 0 Å². The molecule has 0 aromatic heterocycles. The molecule has 0 aliphatic carbocycles. The molecule has 1 amide bonds. The highest BCUT2D eigenvalue weighted by molar-refractivity contribution is 7.89. The van der Waals surface area contributed by atoms with Gasteiger partial charge in [-0.1, -0.05) is 47.5 Å². The molecule has 0 radical (unpaired) electrons. The van der Waals surface area contributed by atoms with E-state index in [0.29, 0.717) is 10.6 Å². The maximum atomic E-state index is 12.8. The zero-order chi connectivity index (χ0) is 23.5. The second kappa shape index (κ2) is 9.88. The molecule has 1 aliphatic heterocycles. The molecule has 3 rings (SSSR count). The summed E-state index contributed by atoms with van der Waals surface area (Å²) in [4.78, 5) is 14.5. The van der Waals surface area contributed by atoms with Crippen molar-refractivity contribution in [3.63, 3.8) is 0 Å². The van der Waals surface area contributed by atoms with Gasteiger partial charge < -0.3 is 4.90 Å². The molecule has 1 saturated heterocycles. The number of hydrogen-bond donors (Lipinski definition) is 0. The van der Waals surface area contributed by atoms with Gasteiger partial charge in [-0.25, -0.2) is 16.8 Å². The number of nitrogens with zero attached hydrogens (tertiary/aromatic N) is 3. The minimum Gasteiger partial charge on any atom is -0.339 e. The SMILES string of the molecule is Cc1ccc(S(=O)(=O)N2CCN(C(=O)CN(Cc3ccccc3Cl)S(C)(=O)=O)CC2)cc1. The van der Waals surface area contributed by atoms with Crippen LogP contribution < -0.4 is 0 Å². The van der Waals surface area contributed by atoms with Crippen molar-refractivity contribution in [1.29, 1.82) is 0 Å². The molecule has 2 aromatic carbocycles. The summed E-state index contributed by atoms with van der Waals surface area (Å²) in [5, 5.41) is 0.420. The number of amides is 1. The third-order valence-electron chi connectivity index (χ3n) is 5.34. The summed E-state index contributed by atoms with van der Waals surface area (Å²) >= 11 is 6.14. The molecule has 11 heteroatoms. The Morgan fingerprint density at radius 3 is 2.12 bits per heavy atom. The maximum absolute atomic E-state index is 12.8. The predicted octanol–water partition coefficient (Wildman–Crippen LogP) is 1.94. The van der Waals surface area contributed by atoms with Crippen molar-refractivity contribution >= 4 is 37.6 Å². The molecule has 1 aliphatic rings. The van der Waals surface area contributed by atoms with Gasteiger partial charge in [-0.05, 0) is 30.7 Å². The molecule has 0 atom stereocenters. The van der Waals surface area contributed by atoms with Crippen molar-refractivity contribution in [3.8, 4) is 0 Å². The fourth-order valence-corrected chi connectivity index (χ4v) is 5.73. The van der Waals surface area contributed by atoms with E-state index in [1.165, 1.54) is 9.21 Å². The number of sulfonamides is 2. The summed E-state index contributed by atoms with van der Waals surface area (Å²) in [6.07, 6.45) is 1.04. The van der Waals surface area contributed by atoms with Crippen LogP contribution in [0.2, 0.25) is 5.02 Å². The van der Waals surface area contributed by atoms with Crippen LogP contribution in [-0.4, -0.2) is 75.2 Å². The molecule has 0 N–H and O–H groups in total. The molecule has 8 nitrogen and oxygen atoms in total. The Kier molecular flexibility index (Phi) is 7.61. The second-order valence-electron chi connectivity index (χ2n) is 7.72. The Labute approximate surface area is 194 Å². The quantitative estimate of drug-likeness (QED) is 0.580. The van der Waals surface area contributed by atoms with E-state index < -0.39 is 20.0 Å². The lowest BCUT2D eigenvalue weighted by Crippen LogP contribution is -2.52. The first-order valence-electron chi connectivity index (χ1n) is 10.0. The highest BCUT2D eigenvalue weighted by Crippen LogP contribution is 2.20. The number of hydrogen-bond acceptors (Lipinski definition) is 5. The van der Waals surface area contributed by atoms with Crippen LogP contribution in [0, 0.1) is 6.92 Å². The standard InChI is InChI=1S/C21H26ClN3O5S2/c1-17-7-9-19(10-8-17)32(29,30)24-13-11-23(12-14-24)21(26)16-25(31(2,27)28)15-18-5-3-4-6-20(18)22/h3-10H,11-16H2,1-2H3. The number of benzene rings is 2. The van der Waals surface area contributed by atoms with E-state index in [-0.39, 0.29) is 50.1 Å². The molecule has 32 heavy (non-hydrogen) atoms. The number of carbonyl (C=O) groups is 1. The fourth-order valence-electron chi connectivity index (χ4n) is 3.40. The van der Waals surface area contributed by atoms with E-state index in [1.807, 2.05) is 6.92 Å². The summed E-state index contributed by atoms with van der Waals surface area (Å²) in [7, 11) is -7.31. The minimum atomic E-state index is -3.67. The van der Waals surface area contributed by atoms with Crippen LogP contribution in [0.15, 0.2) is 53.4 Å². The van der Waals surface area contributed by atoms with Crippen LogP contribution in [0.25, 0.3) is 0 Å². The van der Waals surface area contributed by atoms with Crippen LogP contribution in [-0.2, 0) is 31.4 Å². The number of piperazine rings is 1. The molecule has 2 aromatic rings. The molecule has 0 spiro atoms. The van der Waals surface area contributed by atoms with Crippen LogP contribution in [0.4, 0.5) is 0 Å². The molecule has 0 unspecified atom stereocenters. The molecule has 174 valence electrons. The van der Waals surface area contributed by atoms with Gasteiger partial charge in [0.05, 0.1) is 17.7 Å². The third-order valence-corrected chi connectivity index (χ3v) is 8.81. The number of rotatable bonds is 7. The lowest BCUT2D eigenvalue weighted by atomic mass is 10.2. The van der Waals surface area contributed by atoms with Gasteiger partial charge in [0.25, 0.3) is 0 Å². The molecule has 1 heterocycles. The second-order valence-corrected chi connectivity index (χ2v) is 12.0. The Hall–Kier alpha value is -1.98. The first-order valence-corrected chi connectivity index (χ1v) is 13.7. The van der Waals surface area contributed by atoms with E-state index in [4.69, 9.17) is 11.6 Å². The van der Waals surface area contributed by atoms with E-state index in [2.05, 4.69) is 0 Å². The number of halogens is 1. The van der Waals surface area contributed by atoms with Gasteiger partial charge in [0.15, 0.2) is 0 Å². The van der Waals surface area contributed by atoms with Crippen molar-refractivity contribution in [2.75, 3.05) is 39.0 Å². The summed E-state index contributed by atoms with van der Waals surface area (Å²) in [5.74, 6) is -0.380. The minimum absolute atomic E-state index is 0.0218. The smallest absolute Gasteiger partial charge is 0.243 e. The van der Waals surface area contributed by atoms with Gasteiger partial charge in [0.1, 0.15) is 0 Å². The van der Waals surface area contributed by atoms with Crippen molar-refractivity contribution in [2.45, 2.75) is 18.4 Å². The van der Waals surface area contributed by atoms with Crippen molar-refractivity contribution < 1.29 is 21.6 Å². The average molecular weight is 500 g/mol. The lowest BCUT2D eigenvalue weighted by Gasteiger charge is -2.35. The molecular weight excluding hydrogens is 474 g/mol. The molecule has 1 fully saturated rings. The topological polar surface area (TPSA) is 95.1 Å². The van der Waals surface area contributed by atoms with E-state index in [9.17, 15) is 21.6 Å². The highest BCUT2D eigenvalue weighted by Gasteiger charge is 2.31. The average Bonchev–Trinajstić information content (AvgIpc) is 2.74. The monoisotopic (exact) mass is 499 g/mol. The number of carbonyl (C=O) groups excluding carboxylic acids is 1. The molecule has 0 bridgehead atoms. The zero-order valence-electron chi connectivity index (χ0n) is 17.9. The normalized spacial score (nSPS) is 15.8. The summed E-state index contributed by atoms with van der Waals surface area (Å²) in [5.41, 5.74) is 1.56. The first kappa shape index (κ1) is 24.7. The largest absolute Gasteiger partial charge is 0.339 e. The van der Waals surface area contributed by atoms with Gasteiger partial charge in [0, 0.05) is 37.7 Å². The Balaban J connectivity index is 1.65. The fraction of sp³-hybridized carbons (Fsp3) is 0.381. The predicted molar refractivity (Wildman–Crippen MR) is 123 cm³/mol. The Bertz CT molecular complexity index is 1180. The van der Waals surface area contributed by atoms with Gasteiger partial charge >= 0.3 is 0 Å². The summed E-state index contributed by atoms with van der Waals surface area (Å²) < 4.78 is 52.6. The van der Waals surface area contributed by atoms with Crippen LogP contribution >= 0.6 is 11.6 Å². The van der Waals surface area contributed by atoms with E-state index in [1.54, 1.807) is 48.5 Å². The van der Waals surface area contributed by atoms with Crippen molar-refractivity contribution in [1.82, 2.24) is 13.5 Å². The number of aryl methyl sites for hydroxylation is 1. The van der Waals surface area contributed by atoms with E-state index in [0.717, 1.165) is 16.1 Å².